The first-order valence-corrected chi connectivity index (χ1v) is 6.08. The molecule has 0 aliphatic rings. The average Bonchev–Trinajstić information content (AvgIpc) is 3.04. The highest BCUT2D eigenvalue weighted by Crippen LogP contribution is 2.31. The van der Waals surface area contributed by atoms with Gasteiger partial charge in [-0.3, -0.25) is 5.10 Å². The first-order valence-electron chi connectivity index (χ1n) is 6.08. The second-order valence-electron chi connectivity index (χ2n) is 4.45. The Labute approximate surface area is 112 Å². The van der Waals surface area contributed by atoms with E-state index in [0.717, 1.165) is 29.1 Å². The van der Waals surface area contributed by atoms with Crippen LogP contribution < -0.4 is 0 Å². The van der Waals surface area contributed by atoms with E-state index < -0.39 is 11.9 Å². The molecule has 0 unspecified atom stereocenters. The number of fused-ring (bicyclic) bond motifs is 1. The maximum Gasteiger partial charge on any atom is 0.432 e. The van der Waals surface area contributed by atoms with Crippen LogP contribution in [-0.4, -0.2) is 20.2 Å². The number of rotatable bonds is 2. The minimum absolute atomic E-state index is 0.231. The van der Waals surface area contributed by atoms with Crippen molar-refractivity contribution in [3.63, 3.8) is 0 Å². The second-order valence-corrected chi connectivity index (χ2v) is 4.45. The van der Waals surface area contributed by atoms with E-state index in [2.05, 4.69) is 15.1 Å². The molecule has 0 aromatic carbocycles. The van der Waals surface area contributed by atoms with Gasteiger partial charge in [0.2, 0.25) is 0 Å². The molecular formula is C13H11F3N4. The molecular weight excluding hydrogens is 269 g/mol. The molecule has 20 heavy (non-hydrogen) atoms. The Bertz CT molecular complexity index is 754. The van der Waals surface area contributed by atoms with Gasteiger partial charge in [0.1, 0.15) is 11.3 Å². The fourth-order valence-electron chi connectivity index (χ4n) is 2.11. The molecule has 0 saturated carbocycles. The third-order valence-electron chi connectivity index (χ3n) is 3.18. The Morgan fingerprint density at radius 1 is 1.25 bits per heavy atom. The van der Waals surface area contributed by atoms with Crippen LogP contribution >= 0.6 is 0 Å². The van der Waals surface area contributed by atoms with Gasteiger partial charge in [0.05, 0.1) is 5.69 Å². The van der Waals surface area contributed by atoms with Crippen LogP contribution in [0.4, 0.5) is 13.2 Å². The van der Waals surface area contributed by atoms with Crippen LogP contribution in [-0.2, 0) is 12.6 Å². The molecule has 2 N–H and O–H groups in total. The van der Waals surface area contributed by atoms with Crippen LogP contribution in [0.15, 0.2) is 24.5 Å². The first kappa shape index (κ1) is 12.7. The number of nitrogens with zero attached hydrogens (tertiary/aromatic N) is 2. The van der Waals surface area contributed by atoms with Crippen LogP contribution in [0, 0.1) is 0 Å². The number of halogens is 3. The molecule has 0 atom stereocenters. The number of aryl methyl sites for hydroxylation is 1. The number of nitrogens with one attached hydrogen (secondary N) is 2. The molecule has 4 nitrogen and oxygen atoms in total. The van der Waals surface area contributed by atoms with Crippen molar-refractivity contribution < 1.29 is 13.2 Å². The van der Waals surface area contributed by atoms with Gasteiger partial charge in [-0.15, -0.1) is 0 Å². The van der Waals surface area contributed by atoms with E-state index in [0.29, 0.717) is 5.56 Å². The normalized spacial score (nSPS) is 12.2. The summed E-state index contributed by atoms with van der Waals surface area (Å²) in [6.45, 7) is 2.01. The zero-order chi connectivity index (χ0) is 14.3. The molecule has 3 aromatic rings. The summed E-state index contributed by atoms with van der Waals surface area (Å²) in [4.78, 5) is 7.23. The highest BCUT2D eigenvalue weighted by Gasteiger charge is 2.33. The van der Waals surface area contributed by atoms with Crippen LogP contribution in [0.3, 0.4) is 0 Å². The van der Waals surface area contributed by atoms with Crippen LogP contribution in [0.5, 0.6) is 0 Å². The number of hydrogen-bond acceptors (Lipinski definition) is 2. The molecule has 0 bridgehead atoms. The molecule has 0 fully saturated rings. The lowest BCUT2D eigenvalue weighted by Gasteiger charge is -2.00. The number of alkyl halides is 3. The van der Waals surface area contributed by atoms with Gasteiger partial charge in [-0.1, -0.05) is 6.92 Å². The second kappa shape index (κ2) is 4.36. The van der Waals surface area contributed by atoms with Crippen molar-refractivity contribution in [1.82, 2.24) is 20.2 Å². The van der Waals surface area contributed by atoms with Crippen molar-refractivity contribution in [2.75, 3.05) is 0 Å². The van der Waals surface area contributed by atoms with E-state index >= 15 is 0 Å². The Morgan fingerprint density at radius 3 is 2.70 bits per heavy atom. The molecule has 3 heterocycles. The Hall–Kier alpha value is -2.31. The summed E-state index contributed by atoms with van der Waals surface area (Å²) >= 11 is 0. The number of hydrogen-bond donors (Lipinski definition) is 2. The predicted molar refractivity (Wildman–Crippen MR) is 68.1 cm³/mol. The van der Waals surface area contributed by atoms with E-state index in [1.54, 1.807) is 6.07 Å². The number of aromatic amines is 2. The zero-order valence-electron chi connectivity index (χ0n) is 10.5. The summed E-state index contributed by atoms with van der Waals surface area (Å²) in [6.07, 6.45) is -0.243. The molecule has 3 aromatic heterocycles. The quantitative estimate of drug-likeness (QED) is 0.754. The van der Waals surface area contributed by atoms with Gasteiger partial charge >= 0.3 is 6.18 Å². The van der Waals surface area contributed by atoms with Gasteiger partial charge in [-0.05, 0) is 24.1 Å². The molecule has 0 amide bonds. The fraction of sp³-hybridized carbons (Fsp3) is 0.231. The molecule has 3 rings (SSSR count). The zero-order valence-corrected chi connectivity index (χ0v) is 10.5. The monoisotopic (exact) mass is 280 g/mol. The van der Waals surface area contributed by atoms with Crippen molar-refractivity contribution in [3.8, 4) is 11.3 Å². The van der Waals surface area contributed by atoms with Crippen LogP contribution in [0.1, 0.15) is 18.2 Å². The lowest BCUT2D eigenvalue weighted by molar-refractivity contribution is -0.141. The maximum absolute atomic E-state index is 12.5. The number of aromatic nitrogens is 4. The molecule has 0 saturated heterocycles. The average molecular weight is 280 g/mol. The van der Waals surface area contributed by atoms with Crippen molar-refractivity contribution in [2.24, 2.45) is 0 Å². The van der Waals surface area contributed by atoms with Crippen LogP contribution in [0.2, 0.25) is 0 Å². The van der Waals surface area contributed by atoms with Crippen molar-refractivity contribution in [1.29, 1.82) is 0 Å². The SMILES string of the molecule is CCc1c[nH]c2ncc(-c3cc(C(F)(F)F)[nH]n3)cc12. The third kappa shape index (κ3) is 2.04. The fourth-order valence-corrected chi connectivity index (χ4v) is 2.11. The summed E-state index contributed by atoms with van der Waals surface area (Å²) in [5.74, 6) is 0. The smallest absolute Gasteiger partial charge is 0.346 e. The molecule has 0 spiro atoms. The van der Waals surface area contributed by atoms with Gasteiger partial charge in [0.25, 0.3) is 0 Å². The lowest BCUT2D eigenvalue weighted by Crippen LogP contribution is -2.04. The summed E-state index contributed by atoms with van der Waals surface area (Å²) in [5.41, 5.74) is 1.71. The van der Waals surface area contributed by atoms with E-state index in [1.165, 1.54) is 6.20 Å². The summed E-state index contributed by atoms with van der Waals surface area (Å²) in [7, 11) is 0. The Kier molecular flexibility index (Phi) is 2.77. The van der Waals surface area contributed by atoms with E-state index in [4.69, 9.17) is 0 Å². The highest BCUT2D eigenvalue weighted by molar-refractivity contribution is 5.84. The van der Waals surface area contributed by atoms with Crippen molar-refractivity contribution in [3.05, 3.63) is 35.8 Å². The Morgan fingerprint density at radius 2 is 2.05 bits per heavy atom. The van der Waals surface area contributed by atoms with Gasteiger partial charge in [0.15, 0.2) is 0 Å². The van der Waals surface area contributed by atoms with Crippen LogP contribution in [0.25, 0.3) is 22.3 Å². The maximum atomic E-state index is 12.5. The Balaban J connectivity index is 2.07. The predicted octanol–water partition coefficient (Wildman–Crippen LogP) is 3.53. The van der Waals surface area contributed by atoms with E-state index in [-0.39, 0.29) is 5.69 Å². The third-order valence-corrected chi connectivity index (χ3v) is 3.18. The lowest BCUT2D eigenvalue weighted by atomic mass is 10.1. The molecule has 0 aliphatic heterocycles. The van der Waals surface area contributed by atoms with Gasteiger partial charge in [-0.25, -0.2) is 4.98 Å². The minimum Gasteiger partial charge on any atom is -0.346 e. The largest absolute Gasteiger partial charge is 0.432 e. The summed E-state index contributed by atoms with van der Waals surface area (Å²) in [5, 5.41) is 6.61. The van der Waals surface area contributed by atoms with Crippen molar-refractivity contribution >= 4 is 11.0 Å². The number of pyridine rings is 1. The molecule has 0 radical (unpaired) electrons. The highest BCUT2D eigenvalue weighted by atomic mass is 19.4. The van der Waals surface area contributed by atoms with Gasteiger partial charge < -0.3 is 4.98 Å². The number of H-pyrrole nitrogens is 2. The molecule has 7 heteroatoms. The minimum atomic E-state index is -4.43. The molecule has 104 valence electrons. The van der Waals surface area contributed by atoms with Gasteiger partial charge in [-0.2, -0.15) is 18.3 Å². The summed E-state index contributed by atoms with van der Waals surface area (Å²) in [6, 6.07) is 2.79. The standard InChI is InChI=1S/C13H11F3N4/c1-2-7-5-17-12-9(7)3-8(6-18-12)10-4-11(20-19-10)13(14,15)16/h3-6H,2H2,1H3,(H,17,18)(H,19,20). The van der Waals surface area contributed by atoms with E-state index in [1.807, 2.05) is 18.2 Å². The summed E-state index contributed by atoms with van der Waals surface area (Å²) < 4.78 is 37.6. The van der Waals surface area contributed by atoms with Gasteiger partial charge in [0, 0.05) is 23.3 Å². The molecule has 0 aliphatic carbocycles. The topological polar surface area (TPSA) is 57.4 Å². The van der Waals surface area contributed by atoms with E-state index in [9.17, 15) is 13.2 Å². The first-order chi connectivity index (χ1) is 9.49. The van der Waals surface area contributed by atoms with Crippen molar-refractivity contribution in [2.45, 2.75) is 19.5 Å².